The summed E-state index contributed by atoms with van der Waals surface area (Å²) in [5.74, 6) is 1.51. The summed E-state index contributed by atoms with van der Waals surface area (Å²) in [7, 11) is 1.64. The smallest absolute Gasteiger partial charge is 0.180 e. The minimum Gasteiger partial charge on any atom is -0.493 e. The molecule has 3 heterocycles. The van der Waals surface area contributed by atoms with E-state index >= 15 is 0 Å². The molecular weight excluding hydrogens is 204 g/mol. The number of nitrogens with zero attached hydrogens (tertiary/aromatic N) is 2. The third kappa shape index (κ3) is 1.27. The van der Waals surface area contributed by atoms with Crippen LogP contribution in [-0.2, 0) is 0 Å². The van der Waals surface area contributed by atoms with Crippen LogP contribution in [0.2, 0.25) is 0 Å². The zero-order chi connectivity index (χ0) is 11.0. The van der Waals surface area contributed by atoms with Gasteiger partial charge in [-0.2, -0.15) is 0 Å². The standard InChI is InChI=1S/C12H10N2O2/c1-15-11-4-2-6-14-8-9(13-12(11)14)10-5-3-7-16-10/h2-8H,1H3. The second-order valence-corrected chi connectivity index (χ2v) is 3.41. The molecule has 0 fully saturated rings. The number of hydrogen-bond acceptors (Lipinski definition) is 3. The summed E-state index contributed by atoms with van der Waals surface area (Å²) in [6, 6.07) is 7.53. The highest BCUT2D eigenvalue weighted by atomic mass is 16.5. The van der Waals surface area contributed by atoms with Gasteiger partial charge in [-0.3, -0.25) is 0 Å². The molecular formula is C12H10N2O2. The minimum atomic E-state index is 0.750. The number of rotatable bonds is 2. The first kappa shape index (κ1) is 9.03. The quantitative estimate of drug-likeness (QED) is 0.658. The molecule has 0 aromatic carbocycles. The fourth-order valence-corrected chi connectivity index (χ4v) is 1.69. The molecule has 0 radical (unpaired) electrons. The van der Waals surface area contributed by atoms with Crippen LogP contribution in [-0.4, -0.2) is 16.5 Å². The van der Waals surface area contributed by atoms with Crippen LogP contribution in [0.3, 0.4) is 0 Å². The Hall–Kier alpha value is -2.23. The molecule has 4 heteroatoms. The lowest BCUT2D eigenvalue weighted by atomic mass is 10.4. The molecule has 80 valence electrons. The van der Waals surface area contributed by atoms with Gasteiger partial charge in [0.1, 0.15) is 5.69 Å². The number of aromatic nitrogens is 2. The number of pyridine rings is 1. The maximum Gasteiger partial charge on any atom is 0.180 e. The molecule has 0 bridgehead atoms. The number of ether oxygens (including phenoxy) is 1. The van der Waals surface area contributed by atoms with Gasteiger partial charge in [-0.1, -0.05) is 0 Å². The Labute approximate surface area is 92.1 Å². The molecule has 0 spiro atoms. The summed E-state index contributed by atoms with van der Waals surface area (Å²) in [6.45, 7) is 0. The van der Waals surface area contributed by atoms with Crippen LogP contribution in [0.1, 0.15) is 0 Å². The van der Waals surface area contributed by atoms with Crippen LogP contribution in [0.4, 0.5) is 0 Å². The molecule has 0 atom stereocenters. The van der Waals surface area contributed by atoms with Crippen LogP contribution in [0, 0.1) is 0 Å². The van der Waals surface area contributed by atoms with E-state index in [1.807, 2.05) is 41.1 Å². The Balaban J connectivity index is 2.23. The topological polar surface area (TPSA) is 39.7 Å². The predicted molar refractivity (Wildman–Crippen MR) is 59.4 cm³/mol. The van der Waals surface area contributed by atoms with Crippen molar-refractivity contribution in [3.63, 3.8) is 0 Å². The second kappa shape index (κ2) is 3.41. The normalized spacial score (nSPS) is 10.8. The summed E-state index contributed by atoms with van der Waals surface area (Å²) in [5, 5.41) is 0. The maximum absolute atomic E-state index is 5.31. The van der Waals surface area contributed by atoms with Crippen molar-refractivity contribution < 1.29 is 9.15 Å². The van der Waals surface area contributed by atoms with Crippen LogP contribution >= 0.6 is 0 Å². The average molecular weight is 214 g/mol. The number of furan rings is 1. The van der Waals surface area contributed by atoms with E-state index in [-0.39, 0.29) is 0 Å². The van der Waals surface area contributed by atoms with Gasteiger partial charge in [-0.05, 0) is 24.3 Å². The molecule has 0 saturated carbocycles. The highest BCUT2D eigenvalue weighted by Crippen LogP contribution is 2.24. The Morgan fingerprint density at radius 1 is 1.31 bits per heavy atom. The first-order chi connectivity index (χ1) is 7.88. The van der Waals surface area contributed by atoms with Crippen LogP contribution in [0.25, 0.3) is 17.1 Å². The average Bonchev–Trinajstić information content (AvgIpc) is 2.96. The Kier molecular flexibility index (Phi) is 1.93. The third-order valence-corrected chi connectivity index (χ3v) is 2.44. The SMILES string of the molecule is COc1cccn2cc(-c3ccco3)nc12. The molecule has 0 amide bonds. The van der Waals surface area contributed by atoms with Gasteiger partial charge in [0, 0.05) is 12.4 Å². The summed E-state index contributed by atoms with van der Waals surface area (Å²) in [6.07, 6.45) is 5.48. The molecule has 0 saturated heterocycles. The predicted octanol–water partition coefficient (Wildman–Crippen LogP) is 2.60. The zero-order valence-corrected chi connectivity index (χ0v) is 8.75. The van der Waals surface area contributed by atoms with E-state index < -0.39 is 0 Å². The third-order valence-electron chi connectivity index (χ3n) is 2.44. The molecule has 3 rings (SSSR count). The number of hydrogen-bond donors (Lipinski definition) is 0. The number of fused-ring (bicyclic) bond motifs is 1. The summed E-state index contributed by atoms with van der Waals surface area (Å²) >= 11 is 0. The largest absolute Gasteiger partial charge is 0.493 e. The van der Waals surface area contributed by atoms with Crippen molar-refractivity contribution in [1.29, 1.82) is 0 Å². The molecule has 3 aromatic rings. The molecule has 4 nitrogen and oxygen atoms in total. The molecule has 3 aromatic heterocycles. The number of imidazole rings is 1. The fourth-order valence-electron chi connectivity index (χ4n) is 1.69. The van der Waals surface area contributed by atoms with Crippen LogP contribution in [0.15, 0.2) is 47.3 Å². The second-order valence-electron chi connectivity index (χ2n) is 3.41. The molecule has 0 aliphatic heterocycles. The van der Waals surface area contributed by atoms with Gasteiger partial charge in [-0.15, -0.1) is 0 Å². The van der Waals surface area contributed by atoms with E-state index in [0.717, 1.165) is 22.9 Å². The Bertz CT molecular complexity index is 611. The van der Waals surface area contributed by atoms with Crippen molar-refractivity contribution in [2.45, 2.75) is 0 Å². The van der Waals surface area contributed by atoms with Crippen molar-refractivity contribution in [1.82, 2.24) is 9.38 Å². The van der Waals surface area contributed by atoms with Crippen LogP contribution < -0.4 is 4.74 Å². The van der Waals surface area contributed by atoms with Gasteiger partial charge in [-0.25, -0.2) is 4.98 Å². The van der Waals surface area contributed by atoms with E-state index in [4.69, 9.17) is 9.15 Å². The van der Waals surface area contributed by atoms with Gasteiger partial charge >= 0.3 is 0 Å². The minimum absolute atomic E-state index is 0.750. The van der Waals surface area contributed by atoms with Crippen molar-refractivity contribution in [3.05, 3.63) is 42.9 Å². The number of methoxy groups -OCH3 is 1. The van der Waals surface area contributed by atoms with E-state index in [1.165, 1.54) is 0 Å². The zero-order valence-electron chi connectivity index (χ0n) is 8.75. The first-order valence-electron chi connectivity index (χ1n) is 4.94. The van der Waals surface area contributed by atoms with Gasteiger partial charge in [0.15, 0.2) is 17.2 Å². The molecule has 0 aliphatic rings. The Morgan fingerprint density at radius 2 is 2.25 bits per heavy atom. The van der Waals surface area contributed by atoms with E-state index in [1.54, 1.807) is 13.4 Å². The lowest BCUT2D eigenvalue weighted by molar-refractivity contribution is 0.417. The molecule has 0 N–H and O–H groups in total. The van der Waals surface area contributed by atoms with Gasteiger partial charge in [0.05, 0.1) is 13.4 Å². The fraction of sp³-hybridized carbons (Fsp3) is 0.0833. The highest BCUT2D eigenvalue weighted by Gasteiger charge is 2.09. The van der Waals surface area contributed by atoms with Crippen molar-refractivity contribution in [2.75, 3.05) is 7.11 Å². The maximum atomic E-state index is 5.31. The van der Waals surface area contributed by atoms with Gasteiger partial charge in [0.25, 0.3) is 0 Å². The molecule has 0 aliphatic carbocycles. The summed E-state index contributed by atoms with van der Waals surface area (Å²) in [4.78, 5) is 4.47. The van der Waals surface area contributed by atoms with E-state index in [0.29, 0.717) is 0 Å². The Morgan fingerprint density at radius 3 is 3.00 bits per heavy atom. The molecule has 16 heavy (non-hydrogen) atoms. The van der Waals surface area contributed by atoms with Crippen LogP contribution in [0.5, 0.6) is 5.75 Å². The summed E-state index contributed by atoms with van der Waals surface area (Å²) < 4.78 is 12.5. The van der Waals surface area contributed by atoms with Gasteiger partial charge < -0.3 is 13.6 Å². The van der Waals surface area contributed by atoms with E-state index in [2.05, 4.69) is 4.98 Å². The van der Waals surface area contributed by atoms with Crippen molar-refractivity contribution in [2.24, 2.45) is 0 Å². The first-order valence-corrected chi connectivity index (χ1v) is 4.94. The highest BCUT2D eigenvalue weighted by molar-refractivity contribution is 5.62. The van der Waals surface area contributed by atoms with Gasteiger partial charge in [0.2, 0.25) is 0 Å². The molecule has 0 unspecified atom stereocenters. The van der Waals surface area contributed by atoms with E-state index in [9.17, 15) is 0 Å². The van der Waals surface area contributed by atoms with Crippen molar-refractivity contribution >= 4 is 5.65 Å². The van der Waals surface area contributed by atoms with Crippen molar-refractivity contribution in [3.8, 4) is 17.2 Å². The lowest BCUT2D eigenvalue weighted by Crippen LogP contribution is -1.88. The monoisotopic (exact) mass is 214 g/mol. The lowest BCUT2D eigenvalue weighted by Gasteiger charge is -1.99. The summed E-state index contributed by atoms with van der Waals surface area (Å²) in [5.41, 5.74) is 1.59.